The highest BCUT2D eigenvalue weighted by Gasteiger charge is 2.54. The number of aryl methyl sites for hydroxylation is 2. The minimum absolute atomic E-state index is 0.0264. The van der Waals surface area contributed by atoms with Crippen molar-refractivity contribution in [3.63, 3.8) is 0 Å². The topological polar surface area (TPSA) is 215 Å². The maximum Gasteiger partial charge on any atom is 0.316 e. The van der Waals surface area contributed by atoms with Crippen molar-refractivity contribution in [3.8, 4) is 16.8 Å². The lowest BCUT2D eigenvalue weighted by Crippen LogP contribution is -2.54. The van der Waals surface area contributed by atoms with Gasteiger partial charge in [0.1, 0.15) is 35.8 Å². The molecule has 75 heavy (non-hydrogen) atoms. The van der Waals surface area contributed by atoms with E-state index in [9.17, 15) is 24.0 Å². The second-order valence-corrected chi connectivity index (χ2v) is 22.8. The number of fused-ring (bicyclic) bond motifs is 4. The van der Waals surface area contributed by atoms with Crippen molar-refractivity contribution in [2.24, 2.45) is 21.7 Å². The van der Waals surface area contributed by atoms with Crippen molar-refractivity contribution in [1.82, 2.24) is 50.5 Å². The molecule has 1 saturated heterocycles. The molecular formula is C54H61Cl2N11O7S. The Hall–Kier alpha value is -6.44. The lowest BCUT2D eigenvalue weighted by atomic mass is 9.66. The van der Waals surface area contributed by atoms with Crippen LogP contribution < -0.4 is 25.4 Å². The number of ether oxygens (including phenoxy) is 2. The summed E-state index contributed by atoms with van der Waals surface area (Å²) < 4.78 is 14.2. The predicted octanol–water partition coefficient (Wildman–Crippen LogP) is 6.90. The number of hydrogen-bond donors (Lipinski definition) is 3. The van der Waals surface area contributed by atoms with Crippen molar-refractivity contribution >= 4 is 69.8 Å². The summed E-state index contributed by atoms with van der Waals surface area (Å²) in [6.07, 6.45) is 9.11. The van der Waals surface area contributed by atoms with Gasteiger partial charge in [-0.15, -0.1) is 21.5 Å². The molecule has 5 aliphatic rings. The number of carbonyl (C=O) groups is 5. The molecule has 3 N–H and O–H groups in total. The van der Waals surface area contributed by atoms with E-state index in [1.54, 1.807) is 36.8 Å². The Balaban J connectivity index is 0.747. The minimum atomic E-state index is -0.857. The summed E-state index contributed by atoms with van der Waals surface area (Å²) in [6.45, 7) is 9.27. The number of amides is 5. The number of nitrogens with zero attached hydrogens (tertiary/aromatic N) is 8. The molecule has 21 heteroatoms. The summed E-state index contributed by atoms with van der Waals surface area (Å²) in [7, 11) is 1.62. The van der Waals surface area contributed by atoms with Gasteiger partial charge in [-0.05, 0) is 101 Å². The van der Waals surface area contributed by atoms with Gasteiger partial charge in [-0.3, -0.25) is 33.5 Å². The first-order chi connectivity index (χ1) is 36.1. The third-order valence-electron chi connectivity index (χ3n) is 15.8. The van der Waals surface area contributed by atoms with E-state index in [0.29, 0.717) is 78.3 Å². The summed E-state index contributed by atoms with van der Waals surface area (Å²) in [6, 6.07) is 9.94. The van der Waals surface area contributed by atoms with E-state index in [1.165, 1.54) is 0 Å². The first kappa shape index (κ1) is 52.0. The molecule has 3 aliphatic heterocycles. The highest BCUT2D eigenvalue weighted by atomic mass is 35.5. The molecule has 2 aromatic carbocycles. The van der Waals surface area contributed by atoms with Gasteiger partial charge in [-0.25, -0.2) is 9.97 Å². The van der Waals surface area contributed by atoms with Gasteiger partial charge in [-0.1, -0.05) is 48.2 Å². The fourth-order valence-corrected chi connectivity index (χ4v) is 12.9. The second kappa shape index (κ2) is 21.3. The number of aliphatic imine (C=N–C) groups is 1. The number of halogens is 2. The molecule has 6 heterocycles. The number of aromatic nitrogens is 5. The lowest BCUT2D eigenvalue weighted by molar-refractivity contribution is -0.153. The number of carbonyl (C=O) groups excluding carboxylic acids is 5. The molecule has 5 amide bonds. The largest absolute Gasteiger partial charge is 0.488 e. The number of thiophene rings is 1. The van der Waals surface area contributed by atoms with Gasteiger partial charge >= 0.3 is 6.01 Å². The van der Waals surface area contributed by atoms with Crippen LogP contribution in [0.4, 0.5) is 0 Å². The molecular weight excluding hydrogens is 1020 g/mol. The van der Waals surface area contributed by atoms with Crippen molar-refractivity contribution < 1.29 is 33.4 Å². The van der Waals surface area contributed by atoms with Crippen LogP contribution in [0.25, 0.3) is 5.00 Å². The maximum absolute atomic E-state index is 14.9. The molecule has 10 rings (SSSR count). The van der Waals surface area contributed by atoms with Crippen LogP contribution in [0.2, 0.25) is 10.0 Å². The van der Waals surface area contributed by atoms with E-state index in [0.717, 1.165) is 69.1 Å². The normalized spacial score (nSPS) is 21.3. The lowest BCUT2D eigenvalue weighted by Gasteiger charge is -2.46. The monoisotopic (exact) mass is 1080 g/mol. The third-order valence-corrected chi connectivity index (χ3v) is 17.6. The highest BCUT2D eigenvalue weighted by Crippen LogP contribution is 2.54. The molecule has 0 bridgehead atoms. The standard InChI is InChI=1S/C54H61Cl2N11O7S/c1-30-31(2)75-50-45(30)47(34-9-11-35(55)12-10-34)62-39(48-64-63-32(3)67(48)50)22-42(68)59-26-43(69)58-19-21-73-52-60-24-33(25-61-52)28-74-41-14-13-38(56)36-15-20-66(49(71)37-8-6-7-16-53(37,4)51(72)57-5)40(46(36)41)27-65-29-54(17-18-54)23-44(65)70/h9-14,24-25,37,39-40H,6-8,15-23,26-29H2,1-5H3,(H,57,72)(H,58,69)(H,59,68)/t37-,39-,40?,53-/m0/s1. The summed E-state index contributed by atoms with van der Waals surface area (Å²) in [5.74, 6) is 0.314. The molecule has 18 nitrogen and oxygen atoms in total. The van der Waals surface area contributed by atoms with Crippen LogP contribution >= 0.6 is 34.5 Å². The van der Waals surface area contributed by atoms with Gasteiger partial charge in [-0.2, -0.15) is 0 Å². The van der Waals surface area contributed by atoms with Crippen LogP contribution in [-0.4, -0.2) is 116 Å². The van der Waals surface area contributed by atoms with E-state index < -0.39 is 29.3 Å². The predicted molar refractivity (Wildman–Crippen MR) is 282 cm³/mol. The summed E-state index contributed by atoms with van der Waals surface area (Å²) in [5, 5.41) is 19.2. The Morgan fingerprint density at radius 2 is 1.71 bits per heavy atom. The van der Waals surface area contributed by atoms with Crippen LogP contribution in [0.1, 0.15) is 120 Å². The first-order valence-corrected chi connectivity index (χ1v) is 27.2. The fourth-order valence-electron chi connectivity index (χ4n) is 11.3. The molecule has 5 aromatic rings. The van der Waals surface area contributed by atoms with Gasteiger partial charge in [0.15, 0.2) is 5.82 Å². The fraction of sp³-hybridized carbons (Fsp3) is 0.481. The molecule has 3 aromatic heterocycles. The minimum Gasteiger partial charge on any atom is -0.488 e. The number of nitrogens with one attached hydrogen (secondary N) is 3. The Morgan fingerprint density at radius 3 is 2.44 bits per heavy atom. The molecule has 1 spiro atoms. The average Bonchev–Trinajstić information content (AvgIpc) is 3.86. The van der Waals surface area contributed by atoms with E-state index >= 15 is 0 Å². The average molecular weight is 1080 g/mol. The Bertz CT molecular complexity index is 3080. The van der Waals surface area contributed by atoms with E-state index in [2.05, 4.69) is 50.0 Å². The zero-order chi connectivity index (χ0) is 52.8. The number of hydrogen-bond acceptors (Lipinski definition) is 13. The van der Waals surface area contributed by atoms with Crippen molar-refractivity contribution in [2.75, 3.05) is 46.4 Å². The van der Waals surface area contributed by atoms with Crippen LogP contribution in [0.5, 0.6) is 11.8 Å². The second-order valence-electron chi connectivity index (χ2n) is 20.7. The van der Waals surface area contributed by atoms with Gasteiger partial charge in [0.05, 0.1) is 42.6 Å². The molecule has 2 saturated carbocycles. The summed E-state index contributed by atoms with van der Waals surface area (Å²) in [4.78, 5) is 86.8. The molecule has 3 fully saturated rings. The molecule has 0 radical (unpaired) electrons. The molecule has 1 unspecified atom stereocenters. The smallest absolute Gasteiger partial charge is 0.316 e. The van der Waals surface area contributed by atoms with Crippen LogP contribution in [0.3, 0.4) is 0 Å². The van der Waals surface area contributed by atoms with E-state index in [-0.39, 0.29) is 67.8 Å². The van der Waals surface area contributed by atoms with Crippen LogP contribution in [0.15, 0.2) is 53.8 Å². The quantitative estimate of drug-likeness (QED) is 0.0864. The van der Waals surface area contributed by atoms with Gasteiger partial charge in [0, 0.05) is 82.7 Å². The molecule has 2 aliphatic carbocycles. The van der Waals surface area contributed by atoms with Crippen molar-refractivity contribution in [1.29, 1.82) is 0 Å². The SMILES string of the molecule is CNC(=O)[C@@]1(C)CCCC[C@H]1C(=O)N1CCc2c(Cl)ccc(OCc3cnc(OCCNC(=O)CNC(=O)C[C@@H]4N=C(c5ccc(Cl)cc5)c5c(sc(C)c5C)-n5c(C)nnc54)nc3)c2C1CN1CC2(CC2)CC1=O. The number of benzene rings is 2. The molecule has 394 valence electrons. The highest BCUT2D eigenvalue weighted by molar-refractivity contribution is 7.15. The van der Waals surface area contributed by atoms with Crippen molar-refractivity contribution in [3.05, 3.63) is 109 Å². The third kappa shape index (κ3) is 10.5. The summed E-state index contributed by atoms with van der Waals surface area (Å²) in [5.41, 5.74) is 5.08. The number of likely N-dealkylation sites (tertiary alicyclic amines) is 1. The first-order valence-electron chi connectivity index (χ1n) is 25.6. The van der Waals surface area contributed by atoms with Crippen LogP contribution in [-0.2, 0) is 37.0 Å². The number of rotatable bonds is 16. The molecule has 4 atom stereocenters. The Labute approximate surface area is 449 Å². The van der Waals surface area contributed by atoms with E-state index in [1.807, 2.05) is 58.5 Å². The Morgan fingerprint density at radius 1 is 0.933 bits per heavy atom. The summed E-state index contributed by atoms with van der Waals surface area (Å²) >= 11 is 14.8. The van der Waals surface area contributed by atoms with Gasteiger partial charge < -0.3 is 35.2 Å². The Kier molecular flexibility index (Phi) is 14.8. The zero-order valence-corrected chi connectivity index (χ0v) is 45.1. The zero-order valence-electron chi connectivity index (χ0n) is 42.8. The van der Waals surface area contributed by atoms with Crippen molar-refractivity contribution in [2.45, 2.75) is 104 Å². The van der Waals surface area contributed by atoms with Gasteiger partial charge in [0.2, 0.25) is 29.5 Å². The van der Waals surface area contributed by atoms with Gasteiger partial charge in [0.25, 0.3) is 0 Å². The maximum atomic E-state index is 14.9. The van der Waals surface area contributed by atoms with Crippen LogP contribution in [0, 0.1) is 37.5 Å². The van der Waals surface area contributed by atoms with E-state index in [4.69, 9.17) is 37.7 Å².